The normalized spacial score (nSPS) is 9.00. The molecular weight excluding hydrogens is 198 g/mol. The van der Waals surface area contributed by atoms with Gasteiger partial charge < -0.3 is 0 Å². The zero-order valence-corrected chi connectivity index (χ0v) is 10.7. The van der Waals surface area contributed by atoms with Crippen LogP contribution in [0.5, 0.6) is 0 Å². The van der Waals surface area contributed by atoms with E-state index in [9.17, 15) is 0 Å². The first kappa shape index (κ1) is 14.5. The van der Waals surface area contributed by atoms with Crippen molar-refractivity contribution in [2.24, 2.45) is 9.98 Å². The highest BCUT2D eigenvalue weighted by Crippen LogP contribution is 2.30. The van der Waals surface area contributed by atoms with E-state index in [0.717, 1.165) is 29.2 Å². The van der Waals surface area contributed by atoms with Crippen LogP contribution in [0.4, 0.5) is 11.4 Å². The van der Waals surface area contributed by atoms with Gasteiger partial charge in [0, 0.05) is 5.69 Å². The van der Waals surface area contributed by atoms with Crippen LogP contribution in [0.2, 0.25) is 0 Å². The van der Waals surface area contributed by atoms with Crippen LogP contribution in [0.1, 0.15) is 38.6 Å². The summed E-state index contributed by atoms with van der Waals surface area (Å²) in [6, 6.07) is 1.89. The van der Waals surface area contributed by atoms with Gasteiger partial charge >= 0.3 is 0 Å². The summed E-state index contributed by atoms with van der Waals surface area (Å²) in [6.45, 7) is 15.2. The Bertz CT molecular complexity index is 356. The van der Waals surface area contributed by atoms with Crippen LogP contribution >= 0.6 is 0 Å². The van der Waals surface area contributed by atoms with Crippen molar-refractivity contribution in [3.05, 3.63) is 17.5 Å². The molecule has 1 rings (SSSR count). The Balaban J connectivity index is 0.000000673. The van der Waals surface area contributed by atoms with E-state index in [1.165, 1.54) is 6.42 Å². The lowest BCUT2D eigenvalue weighted by Gasteiger charge is -2.05. The molecule has 0 aliphatic heterocycles. The fourth-order valence-corrected chi connectivity index (χ4v) is 1.21. The first-order chi connectivity index (χ1) is 7.64. The SMILES string of the molecule is C=Nc1cc(CC)nc(C)c1N=C.CCC. The summed E-state index contributed by atoms with van der Waals surface area (Å²) in [6.07, 6.45) is 2.14. The second-order valence-electron chi connectivity index (χ2n) is 3.44. The molecule has 0 saturated carbocycles. The number of aryl methyl sites for hydroxylation is 2. The van der Waals surface area contributed by atoms with Gasteiger partial charge in [-0.25, -0.2) is 0 Å². The van der Waals surface area contributed by atoms with E-state index in [2.05, 4.69) is 49.2 Å². The maximum Gasteiger partial charge on any atom is 0.109 e. The molecule has 3 nitrogen and oxygen atoms in total. The molecule has 0 spiro atoms. The summed E-state index contributed by atoms with van der Waals surface area (Å²) in [5, 5.41) is 0. The molecule has 0 unspecified atom stereocenters. The van der Waals surface area contributed by atoms with E-state index in [1.807, 2.05) is 13.0 Å². The van der Waals surface area contributed by atoms with Gasteiger partial charge in [-0.3, -0.25) is 15.0 Å². The lowest BCUT2D eigenvalue weighted by Crippen LogP contribution is -1.90. The topological polar surface area (TPSA) is 37.6 Å². The molecule has 88 valence electrons. The molecule has 1 aromatic rings. The van der Waals surface area contributed by atoms with Gasteiger partial charge in [0.25, 0.3) is 0 Å². The lowest BCUT2D eigenvalue weighted by molar-refractivity contribution is 1.00. The number of aliphatic imine (C=N–C) groups is 2. The van der Waals surface area contributed by atoms with E-state index >= 15 is 0 Å². The summed E-state index contributed by atoms with van der Waals surface area (Å²) >= 11 is 0. The van der Waals surface area contributed by atoms with Crippen LogP contribution in [0.25, 0.3) is 0 Å². The Labute approximate surface area is 98.4 Å². The number of pyridine rings is 1. The van der Waals surface area contributed by atoms with Crippen molar-refractivity contribution in [1.29, 1.82) is 0 Å². The van der Waals surface area contributed by atoms with Crippen molar-refractivity contribution < 1.29 is 0 Å². The number of hydrogen-bond donors (Lipinski definition) is 0. The molecule has 0 bridgehead atoms. The lowest BCUT2D eigenvalue weighted by atomic mass is 10.2. The van der Waals surface area contributed by atoms with Gasteiger partial charge in [-0.15, -0.1) is 0 Å². The summed E-state index contributed by atoms with van der Waals surface area (Å²) < 4.78 is 0. The fourth-order valence-electron chi connectivity index (χ4n) is 1.21. The van der Waals surface area contributed by atoms with Crippen molar-refractivity contribution >= 4 is 24.8 Å². The van der Waals surface area contributed by atoms with Crippen LogP contribution in [-0.2, 0) is 6.42 Å². The minimum atomic E-state index is 0.729. The van der Waals surface area contributed by atoms with Gasteiger partial charge in [0.15, 0.2) is 0 Å². The third kappa shape index (κ3) is 3.93. The van der Waals surface area contributed by atoms with E-state index in [-0.39, 0.29) is 0 Å². The second-order valence-corrected chi connectivity index (χ2v) is 3.44. The van der Waals surface area contributed by atoms with Crippen molar-refractivity contribution in [1.82, 2.24) is 4.98 Å². The first-order valence-corrected chi connectivity index (χ1v) is 5.58. The molecule has 0 N–H and O–H groups in total. The van der Waals surface area contributed by atoms with Gasteiger partial charge in [0.2, 0.25) is 0 Å². The Hall–Kier alpha value is -1.51. The van der Waals surface area contributed by atoms with Gasteiger partial charge in [-0.05, 0) is 32.8 Å². The fraction of sp³-hybridized carbons (Fsp3) is 0.462. The summed E-state index contributed by atoms with van der Waals surface area (Å²) in [7, 11) is 0. The minimum absolute atomic E-state index is 0.729. The quantitative estimate of drug-likeness (QED) is 0.707. The first-order valence-electron chi connectivity index (χ1n) is 5.58. The molecule has 0 atom stereocenters. The van der Waals surface area contributed by atoms with Gasteiger partial charge in [0.1, 0.15) is 5.69 Å². The van der Waals surface area contributed by atoms with Gasteiger partial charge in [-0.2, -0.15) is 0 Å². The highest BCUT2D eigenvalue weighted by Gasteiger charge is 2.05. The van der Waals surface area contributed by atoms with E-state index in [1.54, 1.807) is 0 Å². The van der Waals surface area contributed by atoms with Gasteiger partial charge in [-0.1, -0.05) is 27.2 Å². The third-order valence-electron chi connectivity index (χ3n) is 1.89. The van der Waals surface area contributed by atoms with Crippen molar-refractivity contribution in [3.63, 3.8) is 0 Å². The predicted octanol–water partition coefficient (Wildman–Crippen LogP) is 4.03. The molecular formula is C13H21N3. The highest BCUT2D eigenvalue weighted by molar-refractivity contribution is 5.69. The van der Waals surface area contributed by atoms with E-state index < -0.39 is 0 Å². The molecule has 0 fully saturated rings. The Morgan fingerprint density at radius 2 is 1.75 bits per heavy atom. The Morgan fingerprint density at radius 1 is 1.19 bits per heavy atom. The molecule has 0 aromatic carbocycles. The van der Waals surface area contributed by atoms with Crippen molar-refractivity contribution in [2.45, 2.75) is 40.5 Å². The molecule has 1 heterocycles. The standard InChI is InChI=1S/C10H13N3.C3H8/c1-5-8-6-9(11-3)10(12-4)7(2)13-8;1-3-2/h6H,3-5H2,1-2H3;3H2,1-2H3. The molecule has 0 radical (unpaired) electrons. The molecule has 0 saturated heterocycles. The highest BCUT2D eigenvalue weighted by atomic mass is 14.9. The Kier molecular flexibility index (Phi) is 7.01. The number of hydrogen-bond acceptors (Lipinski definition) is 3. The molecule has 0 aliphatic carbocycles. The monoisotopic (exact) mass is 219 g/mol. The molecule has 3 heteroatoms. The predicted molar refractivity (Wildman–Crippen MR) is 72.7 cm³/mol. The smallest absolute Gasteiger partial charge is 0.109 e. The average molecular weight is 219 g/mol. The molecule has 0 amide bonds. The Morgan fingerprint density at radius 3 is 2.12 bits per heavy atom. The third-order valence-corrected chi connectivity index (χ3v) is 1.89. The largest absolute Gasteiger partial charge is 0.262 e. The molecule has 16 heavy (non-hydrogen) atoms. The zero-order valence-electron chi connectivity index (χ0n) is 10.7. The van der Waals surface area contributed by atoms with Crippen LogP contribution in [0.15, 0.2) is 16.1 Å². The summed E-state index contributed by atoms with van der Waals surface area (Å²) in [5.41, 5.74) is 3.36. The van der Waals surface area contributed by atoms with E-state index in [0.29, 0.717) is 0 Å². The van der Waals surface area contributed by atoms with E-state index in [4.69, 9.17) is 0 Å². The summed E-state index contributed by atoms with van der Waals surface area (Å²) in [5.74, 6) is 0. The minimum Gasteiger partial charge on any atom is -0.262 e. The number of aromatic nitrogens is 1. The van der Waals surface area contributed by atoms with Gasteiger partial charge in [0.05, 0.1) is 11.4 Å². The maximum atomic E-state index is 4.35. The number of nitrogens with zero attached hydrogens (tertiary/aromatic N) is 3. The van der Waals surface area contributed by atoms with Crippen molar-refractivity contribution in [2.75, 3.05) is 0 Å². The number of rotatable bonds is 3. The van der Waals surface area contributed by atoms with Crippen LogP contribution in [-0.4, -0.2) is 18.4 Å². The van der Waals surface area contributed by atoms with Crippen LogP contribution in [0.3, 0.4) is 0 Å². The van der Waals surface area contributed by atoms with Crippen LogP contribution < -0.4 is 0 Å². The maximum absolute atomic E-state index is 4.35. The molecule has 1 aromatic heterocycles. The summed E-state index contributed by atoms with van der Waals surface area (Å²) in [4.78, 5) is 12.1. The van der Waals surface area contributed by atoms with Crippen LogP contribution in [0, 0.1) is 6.92 Å². The average Bonchev–Trinajstić information content (AvgIpc) is 2.28. The molecule has 0 aliphatic rings. The zero-order chi connectivity index (χ0) is 12.6. The second kappa shape index (κ2) is 7.74. The van der Waals surface area contributed by atoms with Crippen molar-refractivity contribution in [3.8, 4) is 0 Å².